The highest BCUT2D eigenvalue weighted by molar-refractivity contribution is 5.33. The molecule has 1 heterocycles. The first-order valence-corrected chi connectivity index (χ1v) is 7.78. The Kier molecular flexibility index (Phi) is 4.90. The molecule has 2 nitrogen and oxygen atoms in total. The fourth-order valence-electron chi connectivity index (χ4n) is 2.49. The van der Waals surface area contributed by atoms with Crippen molar-refractivity contribution in [2.75, 3.05) is 13.2 Å². The van der Waals surface area contributed by atoms with Crippen LogP contribution in [-0.4, -0.2) is 19.3 Å². The molecular formula is C19H22O2. The van der Waals surface area contributed by atoms with E-state index < -0.39 is 0 Å². The second-order valence-corrected chi connectivity index (χ2v) is 5.57. The molecule has 21 heavy (non-hydrogen) atoms. The number of epoxide rings is 1. The predicted molar refractivity (Wildman–Crippen MR) is 84.8 cm³/mol. The van der Waals surface area contributed by atoms with Gasteiger partial charge in [0.2, 0.25) is 0 Å². The number of benzene rings is 2. The molecule has 3 rings (SSSR count). The molecule has 1 saturated heterocycles. The molecular weight excluding hydrogens is 260 g/mol. The monoisotopic (exact) mass is 282 g/mol. The van der Waals surface area contributed by atoms with E-state index in [9.17, 15) is 0 Å². The Labute approximate surface area is 126 Å². The first-order valence-electron chi connectivity index (χ1n) is 7.78. The van der Waals surface area contributed by atoms with E-state index in [1.54, 1.807) is 0 Å². The molecule has 0 spiro atoms. The Hall–Kier alpha value is -1.80. The summed E-state index contributed by atoms with van der Waals surface area (Å²) < 4.78 is 11.0. The zero-order valence-corrected chi connectivity index (χ0v) is 12.3. The van der Waals surface area contributed by atoms with Gasteiger partial charge in [0.25, 0.3) is 0 Å². The third kappa shape index (κ3) is 4.61. The van der Waals surface area contributed by atoms with E-state index in [4.69, 9.17) is 9.47 Å². The first-order chi connectivity index (χ1) is 10.4. The van der Waals surface area contributed by atoms with Crippen molar-refractivity contribution in [3.63, 3.8) is 0 Å². The van der Waals surface area contributed by atoms with Crippen molar-refractivity contribution in [3.05, 3.63) is 65.7 Å². The third-order valence-corrected chi connectivity index (χ3v) is 3.80. The van der Waals surface area contributed by atoms with Crippen LogP contribution >= 0.6 is 0 Å². The van der Waals surface area contributed by atoms with Gasteiger partial charge in [-0.05, 0) is 42.9 Å². The Morgan fingerprint density at radius 1 is 0.905 bits per heavy atom. The summed E-state index contributed by atoms with van der Waals surface area (Å²) in [7, 11) is 0. The lowest BCUT2D eigenvalue weighted by molar-refractivity contribution is 0.261. The number of aryl methyl sites for hydroxylation is 2. The summed E-state index contributed by atoms with van der Waals surface area (Å²) in [5, 5.41) is 0. The average molecular weight is 282 g/mol. The maximum Gasteiger partial charge on any atom is 0.122 e. The SMILES string of the molecule is c1ccc(CCCCc2ccccc2OCC2CO2)cc1. The first kappa shape index (κ1) is 14.2. The summed E-state index contributed by atoms with van der Waals surface area (Å²) in [4.78, 5) is 0. The van der Waals surface area contributed by atoms with Crippen LogP contribution in [0.15, 0.2) is 54.6 Å². The fourth-order valence-corrected chi connectivity index (χ4v) is 2.49. The Bertz CT molecular complexity index is 547. The van der Waals surface area contributed by atoms with Gasteiger partial charge in [-0.15, -0.1) is 0 Å². The number of hydrogen-bond donors (Lipinski definition) is 0. The molecule has 0 radical (unpaired) electrons. The molecule has 1 fully saturated rings. The van der Waals surface area contributed by atoms with E-state index in [0.717, 1.165) is 25.2 Å². The van der Waals surface area contributed by atoms with Crippen LogP contribution in [-0.2, 0) is 17.6 Å². The molecule has 0 amide bonds. The van der Waals surface area contributed by atoms with Crippen molar-refractivity contribution in [1.29, 1.82) is 0 Å². The van der Waals surface area contributed by atoms with Gasteiger partial charge in [0.05, 0.1) is 6.61 Å². The van der Waals surface area contributed by atoms with Gasteiger partial charge in [0.15, 0.2) is 0 Å². The van der Waals surface area contributed by atoms with E-state index in [2.05, 4.69) is 48.5 Å². The molecule has 0 saturated carbocycles. The van der Waals surface area contributed by atoms with Crippen molar-refractivity contribution in [2.24, 2.45) is 0 Å². The highest BCUT2D eigenvalue weighted by Gasteiger charge is 2.23. The lowest BCUT2D eigenvalue weighted by Crippen LogP contribution is -2.05. The summed E-state index contributed by atoms with van der Waals surface area (Å²) in [6, 6.07) is 19.1. The standard InChI is InChI=1S/C19H22O2/c1-2-8-16(9-3-1)10-4-5-11-17-12-6-7-13-19(17)21-15-18-14-20-18/h1-3,6-9,12-13,18H,4-5,10-11,14-15H2. The average Bonchev–Trinajstić information content (AvgIpc) is 3.36. The van der Waals surface area contributed by atoms with Crippen LogP contribution in [0.5, 0.6) is 5.75 Å². The summed E-state index contributed by atoms with van der Waals surface area (Å²) in [5.74, 6) is 1.02. The maximum absolute atomic E-state index is 5.85. The highest BCUT2D eigenvalue weighted by atomic mass is 16.6. The lowest BCUT2D eigenvalue weighted by Gasteiger charge is -2.10. The number of hydrogen-bond acceptors (Lipinski definition) is 2. The Balaban J connectivity index is 1.45. The number of rotatable bonds is 8. The minimum atomic E-state index is 0.316. The van der Waals surface area contributed by atoms with Gasteiger partial charge in [0.1, 0.15) is 18.5 Å². The quantitative estimate of drug-likeness (QED) is 0.538. The van der Waals surface area contributed by atoms with Crippen LogP contribution in [0.1, 0.15) is 24.0 Å². The minimum absolute atomic E-state index is 0.316. The van der Waals surface area contributed by atoms with Crippen molar-refractivity contribution in [3.8, 4) is 5.75 Å². The summed E-state index contributed by atoms with van der Waals surface area (Å²) in [5.41, 5.74) is 2.74. The zero-order valence-electron chi connectivity index (χ0n) is 12.3. The zero-order chi connectivity index (χ0) is 14.3. The molecule has 2 heteroatoms. The molecule has 0 aromatic heterocycles. The van der Waals surface area contributed by atoms with Gasteiger partial charge in [-0.3, -0.25) is 0 Å². The molecule has 2 aromatic carbocycles. The highest BCUT2D eigenvalue weighted by Crippen LogP contribution is 2.22. The van der Waals surface area contributed by atoms with Crippen LogP contribution in [0, 0.1) is 0 Å². The number of para-hydroxylation sites is 1. The van der Waals surface area contributed by atoms with Crippen molar-refractivity contribution in [1.82, 2.24) is 0 Å². The van der Waals surface area contributed by atoms with E-state index >= 15 is 0 Å². The van der Waals surface area contributed by atoms with E-state index in [0.29, 0.717) is 12.7 Å². The van der Waals surface area contributed by atoms with Crippen LogP contribution in [0.4, 0.5) is 0 Å². The largest absolute Gasteiger partial charge is 0.491 e. The molecule has 0 aliphatic carbocycles. The normalized spacial score (nSPS) is 16.7. The van der Waals surface area contributed by atoms with Gasteiger partial charge in [-0.2, -0.15) is 0 Å². The van der Waals surface area contributed by atoms with Gasteiger partial charge in [-0.1, -0.05) is 48.5 Å². The third-order valence-electron chi connectivity index (χ3n) is 3.80. The van der Waals surface area contributed by atoms with Crippen LogP contribution in [0.2, 0.25) is 0 Å². The van der Waals surface area contributed by atoms with Crippen molar-refractivity contribution < 1.29 is 9.47 Å². The van der Waals surface area contributed by atoms with Crippen molar-refractivity contribution in [2.45, 2.75) is 31.8 Å². The van der Waals surface area contributed by atoms with Gasteiger partial charge < -0.3 is 9.47 Å². The fraction of sp³-hybridized carbons (Fsp3) is 0.368. The smallest absolute Gasteiger partial charge is 0.122 e. The molecule has 2 aromatic rings. The summed E-state index contributed by atoms with van der Waals surface area (Å²) in [6.45, 7) is 1.53. The second kappa shape index (κ2) is 7.28. The summed E-state index contributed by atoms with van der Waals surface area (Å²) in [6.07, 6.45) is 4.95. The summed E-state index contributed by atoms with van der Waals surface area (Å²) >= 11 is 0. The molecule has 110 valence electrons. The van der Waals surface area contributed by atoms with Crippen molar-refractivity contribution >= 4 is 0 Å². The van der Waals surface area contributed by atoms with Crippen LogP contribution in [0.25, 0.3) is 0 Å². The molecule has 0 bridgehead atoms. The van der Waals surface area contributed by atoms with E-state index in [1.165, 1.54) is 24.0 Å². The van der Waals surface area contributed by atoms with Gasteiger partial charge in [-0.25, -0.2) is 0 Å². The number of unbranched alkanes of at least 4 members (excludes halogenated alkanes) is 1. The molecule has 1 aliphatic heterocycles. The minimum Gasteiger partial charge on any atom is -0.491 e. The van der Waals surface area contributed by atoms with Gasteiger partial charge in [0, 0.05) is 0 Å². The second-order valence-electron chi connectivity index (χ2n) is 5.57. The lowest BCUT2D eigenvalue weighted by atomic mass is 10.0. The van der Waals surface area contributed by atoms with E-state index in [1.807, 2.05) is 6.07 Å². The molecule has 1 atom stereocenters. The van der Waals surface area contributed by atoms with Gasteiger partial charge >= 0.3 is 0 Å². The van der Waals surface area contributed by atoms with Crippen LogP contribution in [0.3, 0.4) is 0 Å². The molecule has 1 unspecified atom stereocenters. The molecule has 0 N–H and O–H groups in total. The van der Waals surface area contributed by atoms with Crippen LogP contribution < -0.4 is 4.74 Å². The van der Waals surface area contributed by atoms with E-state index in [-0.39, 0.29) is 0 Å². The topological polar surface area (TPSA) is 21.8 Å². The Morgan fingerprint density at radius 2 is 1.62 bits per heavy atom. The Morgan fingerprint density at radius 3 is 2.43 bits per heavy atom. The molecule has 1 aliphatic rings. The number of ether oxygens (including phenoxy) is 2. The maximum atomic E-state index is 5.85. The predicted octanol–water partition coefficient (Wildman–Crippen LogP) is 4.03.